The van der Waals surface area contributed by atoms with Gasteiger partial charge >= 0.3 is 5.97 Å². The maximum atomic E-state index is 11.4. The SMILES string of the molecule is CCOC(=O)c1ccn(-c2ccoc2)c1. The topological polar surface area (TPSA) is 44.4 Å². The molecule has 2 rings (SSSR count). The molecule has 0 aliphatic heterocycles. The molecule has 15 heavy (non-hydrogen) atoms. The molecule has 0 amide bonds. The van der Waals surface area contributed by atoms with Crippen LogP contribution in [0.2, 0.25) is 0 Å². The number of furan rings is 1. The molecule has 0 saturated heterocycles. The largest absolute Gasteiger partial charge is 0.470 e. The Labute approximate surface area is 87.1 Å². The van der Waals surface area contributed by atoms with Gasteiger partial charge in [0.1, 0.15) is 6.26 Å². The van der Waals surface area contributed by atoms with Crippen molar-refractivity contribution in [3.05, 3.63) is 42.6 Å². The van der Waals surface area contributed by atoms with Crippen LogP contribution in [0.1, 0.15) is 17.3 Å². The summed E-state index contributed by atoms with van der Waals surface area (Å²) in [5, 5.41) is 0. The fraction of sp³-hybridized carbons (Fsp3) is 0.182. The van der Waals surface area contributed by atoms with Gasteiger partial charge in [-0.05, 0) is 13.0 Å². The Morgan fingerprint density at radius 2 is 2.40 bits per heavy atom. The van der Waals surface area contributed by atoms with Crippen molar-refractivity contribution >= 4 is 5.97 Å². The van der Waals surface area contributed by atoms with Crippen LogP contribution in [0.25, 0.3) is 5.69 Å². The summed E-state index contributed by atoms with van der Waals surface area (Å²) >= 11 is 0. The molecule has 0 aliphatic carbocycles. The summed E-state index contributed by atoms with van der Waals surface area (Å²) in [4.78, 5) is 11.4. The fourth-order valence-electron chi connectivity index (χ4n) is 1.30. The van der Waals surface area contributed by atoms with Gasteiger partial charge in [0.15, 0.2) is 0 Å². The molecule has 2 aromatic rings. The smallest absolute Gasteiger partial charge is 0.339 e. The summed E-state index contributed by atoms with van der Waals surface area (Å²) in [5.41, 5.74) is 1.42. The van der Waals surface area contributed by atoms with Gasteiger partial charge in [-0.1, -0.05) is 0 Å². The fourth-order valence-corrected chi connectivity index (χ4v) is 1.30. The zero-order valence-corrected chi connectivity index (χ0v) is 8.34. The highest BCUT2D eigenvalue weighted by atomic mass is 16.5. The average Bonchev–Trinajstić information content (AvgIpc) is 2.89. The normalized spacial score (nSPS) is 10.2. The molecule has 2 aromatic heterocycles. The molecule has 0 fully saturated rings. The first kappa shape index (κ1) is 9.58. The maximum absolute atomic E-state index is 11.4. The van der Waals surface area contributed by atoms with Crippen molar-refractivity contribution in [3.63, 3.8) is 0 Å². The van der Waals surface area contributed by atoms with Crippen LogP contribution in [0, 0.1) is 0 Å². The molecule has 0 atom stereocenters. The first-order chi connectivity index (χ1) is 7.31. The van der Waals surface area contributed by atoms with Crippen LogP contribution in [-0.4, -0.2) is 17.1 Å². The van der Waals surface area contributed by atoms with E-state index in [1.807, 2.05) is 6.07 Å². The highest BCUT2D eigenvalue weighted by molar-refractivity contribution is 5.89. The van der Waals surface area contributed by atoms with Gasteiger partial charge in [-0.15, -0.1) is 0 Å². The Morgan fingerprint density at radius 3 is 3.07 bits per heavy atom. The summed E-state index contributed by atoms with van der Waals surface area (Å²) in [6, 6.07) is 3.53. The van der Waals surface area contributed by atoms with Gasteiger partial charge in [-0.25, -0.2) is 4.79 Å². The first-order valence-corrected chi connectivity index (χ1v) is 4.69. The lowest BCUT2D eigenvalue weighted by Gasteiger charge is -1.98. The summed E-state index contributed by atoms with van der Waals surface area (Å²) in [6.45, 7) is 2.17. The summed E-state index contributed by atoms with van der Waals surface area (Å²) in [6.07, 6.45) is 6.69. The quantitative estimate of drug-likeness (QED) is 0.722. The first-order valence-electron chi connectivity index (χ1n) is 4.69. The number of carbonyl (C=O) groups excluding carboxylic acids is 1. The number of aromatic nitrogens is 1. The molecule has 4 nitrogen and oxygen atoms in total. The molecule has 0 bridgehead atoms. The molecule has 0 saturated carbocycles. The molecule has 4 heteroatoms. The third kappa shape index (κ3) is 1.93. The van der Waals surface area contributed by atoms with Gasteiger partial charge < -0.3 is 13.7 Å². The van der Waals surface area contributed by atoms with Crippen LogP contribution < -0.4 is 0 Å². The summed E-state index contributed by atoms with van der Waals surface area (Å²) < 4.78 is 11.6. The lowest BCUT2D eigenvalue weighted by Crippen LogP contribution is -2.03. The third-order valence-corrected chi connectivity index (χ3v) is 2.01. The molecule has 0 spiro atoms. The van der Waals surface area contributed by atoms with E-state index in [-0.39, 0.29) is 5.97 Å². The van der Waals surface area contributed by atoms with Gasteiger partial charge in [0.25, 0.3) is 0 Å². The lowest BCUT2D eigenvalue weighted by molar-refractivity contribution is 0.0526. The average molecular weight is 205 g/mol. The minimum Gasteiger partial charge on any atom is -0.470 e. The zero-order chi connectivity index (χ0) is 10.7. The third-order valence-electron chi connectivity index (χ3n) is 2.01. The van der Waals surface area contributed by atoms with Crippen molar-refractivity contribution in [2.24, 2.45) is 0 Å². The minimum absolute atomic E-state index is 0.306. The standard InChI is InChI=1S/C11H11NO3/c1-2-15-11(13)9-3-5-12(7-9)10-4-6-14-8-10/h3-8H,2H2,1H3. The lowest BCUT2D eigenvalue weighted by atomic mass is 10.3. The van der Waals surface area contributed by atoms with E-state index in [1.54, 1.807) is 42.5 Å². The molecule has 78 valence electrons. The van der Waals surface area contributed by atoms with Crippen molar-refractivity contribution in [2.75, 3.05) is 6.61 Å². The van der Waals surface area contributed by atoms with Gasteiger partial charge in [0, 0.05) is 18.5 Å². The summed E-state index contributed by atoms with van der Waals surface area (Å²) in [7, 11) is 0. The molecule has 0 aromatic carbocycles. The molecule has 0 radical (unpaired) electrons. The maximum Gasteiger partial charge on any atom is 0.339 e. The van der Waals surface area contributed by atoms with Crippen molar-refractivity contribution in [2.45, 2.75) is 6.92 Å². The van der Waals surface area contributed by atoms with E-state index in [0.29, 0.717) is 12.2 Å². The second-order valence-electron chi connectivity index (χ2n) is 3.01. The molecule has 0 aliphatic rings. The highest BCUT2D eigenvalue weighted by Gasteiger charge is 2.08. The minimum atomic E-state index is -0.306. The van der Waals surface area contributed by atoms with Crippen molar-refractivity contribution in [3.8, 4) is 5.69 Å². The van der Waals surface area contributed by atoms with Crippen molar-refractivity contribution < 1.29 is 13.9 Å². The Bertz CT molecular complexity index is 442. The van der Waals surface area contributed by atoms with Crippen LogP contribution >= 0.6 is 0 Å². The predicted molar refractivity (Wildman–Crippen MR) is 54.0 cm³/mol. The van der Waals surface area contributed by atoms with E-state index in [9.17, 15) is 4.79 Å². The van der Waals surface area contributed by atoms with Crippen LogP contribution in [0.3, 0.4) is 0 Å². The Balaban J connectivity index is 2.21. The van der Waals surface area contributed by atoms with Gasteiger partial charge in [0.05, 0.1) is 24.1 Å². The van der Waals surface area contributed by atoms with Crippen LogP contribution in [0.5, 0.6) is 0 Å². The number of hydrogen-bond acceptors (Lipinski definition) is 3. The van der Waals surface area contributed by atoms with E-state index in [2.05, 4.69) is 0 Å². The van der Waals surface area contributed by atoms with Crippen LogP contribution in [-0.2, 0) is 4.74 Å². The number of esters is 1. The van der Waals surface area contributed by atoms with Crippen LogP contribution in [0.15, 0.2) is 41.5 Å². The molecular formula is C11H11NO3. The number of ether oxygens (including phenoxy) is 1. The van der Waals surface area contributed by atoms with Gasteiger partial charge in [-0.3, -0.25) is 0 Å². The van der Waals surface area contributed by atoms with E-state index in [0.717, 1.165) is 5.69 Å². The Kier molecular flexibility index (Phi) is 2.58. The number of nitrogens with zero attached hydrogens (tertiary/aromatic N) is 1. The van der Waals surface area contributed by atoms with E-state index in [1.165, 1.54) is 0 Å². The molecule has 0 N–H and O–H groups in total. The predicted octanol–water partition coefficient (Wildman–Crippen LogP) is 2.25. The van der Waals surface area contributed by atoms with Gasteiger partial charge in [0.2, 0.25) is 0 Å². The van der Waals surface area contributed by atoms with E-state index in [4.69, 9.17) is 9.15 Å². The highest BCUT2D eigenvalue weighted by Crippen LogP contribution is 2.11. The van der Waals surface area contributed by atoms with Crippen LogP contribution in [0.4, 0.5) is 0 Å². The molecule has 2 heterocycles. The molecular weight excluding hydrogens is 194 g/mol. The Hall–Kier alpha value is -1.97. The zero-order valence-electron chi connectivity index (χ0n) is 8.34. The van der Waals surface area contributed by atoms with Crippen molar-refractivity contribution in [1.29, 1.82) is 0 Å². The second-order valence-corrected chi connectivity index (χ2v) is 3.01. The molecule has 0 unspecified atom stereocenters. The van der Waals surface area contributed by atoms with Gasteiger partial charge in [-0.2, -0.15) is 0 Å². The van der Waals surface area contributed by atoms with E-state index < -0.39 is 0 Å². The Morgan fingerprint density at radius 1 is 1.53 bits per heavy atom. The number of rotatable bonds is 3. The van der Waals surface area contributed by atoms with Crippen molar-refractivity contribution in [1.82, 2.24) is 4.57 Å². The number of hydrogen-bond donors (Lipinski definition) is 0. The monoisotopic (exact) mass is 205 g/mol. The van der Waals surface area contributed by atoms with E-state index >= 15 is 0 Å². The second kappa shape index (κ2) is 4.04. The summed E-state index contributed by atoms with van der Waals surface area (Å²) in [5.74, 6) is -0.306. The number of carbonyl (C=O) groups is 1.